The molecule has 0 bridgehead atoms. The van der Waals surface area contributed by atoms with Crippen molar-refractivity contribution in [3.05, 3.63) is 0 Å². The Morgan fingerprint density at radius 1 is 0.500 bits per heavy atom. The molecule has 0 saturated carbocycles. The van der Waals surface area contributed by atoms with Crippen LogP contribution in [0.1, 0.15) is 110 Å². The van der Waals surface area contributed by atoms with Gasteiger partial charge in [0.15, 0.2) is 0 Å². The van der Waals surface area contributed by atoms with Gasteiger partial charge in [0.05, 0.1) is 35.6 Å². The van der Waals surface area contributed by atoms with Gasteiger partial charge in [-0.15, -0.1) is 0 Å². The van der Waals surface area contributed by atoms with Crippen LogP contribution in [-0.2, 0) is 16.4 Å². The zero-order chi connectivity index (χ0) is 19.3. The standard InChI is InChI=1S/C18H37Cl3O4Si/c1-2-3-4-5-6-7-8-9-10-11-12-13-14-15-16-17-18-22-26(23-19,24-20)25-21/h2-18H2,1H3. The van der Waals surface area contributed by atoms with Gasteiger partial charge in [-0.3, -0.25) is 0 Å². The van der Waals surface area contributed by atoms with Gasteiger partial charge < -0.3 is 4.43 Å². The topological polar surface area (TPSA) is 36.9 Å². The van der Waals surface area contributed by atoms with Crippen LogP contribution in [0.2, 0.25) is 0 Å². The molecule has 0 saturated heterocycles. The molecule has 0 amide bonds. The van der Waals surface area contributed by atoms with E-state index in [4.69, 9.17) is 40.0 Å². The van der Waals surface area contributed by atoms with E-state index < -0.39 is 9.05 Å². The summed E-state index contributed by atoms with van der Waals surface area (Å²) in [7, 11) is -3.53. The second-order valence-electron chi connectivity index (χ2n) is 6.88. The SMILES string of the molecule is CCCCCCCCCCCCCCCCCCO[Si](OCl)(OCl)OCl. The predicted molar refractivity (Wildman–Crippen MR) is 112 cm³/mol. The van der Waals surface area contributed by atoms with Crippen LogP contribution >= 0.6 is 35.6 Å². The number of halogens is 3. The lowest BCUT2D eigenvalue weighted by Gasteiger charge is -2.17. The minimum atomic E-state index is -3.53. The first-order valence-electron chi connectivity index (χ1n) is 10.3. The van der Waals surface area contributed by atoms with Crippen LogP contribution in [0, 0.1) is 0 Å². The molecule has 0 unspecified atom stereocenters. The highest BCUT2D eigenvalue weighted by atomic mass is 35.5. The molecule has 4 nitrogen and oxygen atoms in total. The molecule has 0 fully saturated rings. The Labute approximate surface area is 177 Å². The molecule has 0 aromatic heterocycles. The molecule has 0 aromatic carbocycles. The van der Waals surface area contributed by atoms with Crippen molar-refractivity contribution in [2.24, 2.45) is 0 Å². The lowest BCUT2D eigenvalue weighted by molar-refractivity contribution is 0.102. The maximum atomic E-state index is 5.27. The summed E-state index contributed by atoms with van der Waals surface area (Å²) >= 11 is 15.7. The van der Waals surface area contributed by atoms with Crippen LogP contribution in [0.4, 0.5) is 0 Å². The number of rotatable bonds is 21. The van der Waals surface area contributed by atoms with Crippen molar-refractivity contribution in [1.29, 1.82) is 0 Å². The molecule has 0 heterocycles. The molecular weight excluding hydrogens is 415 g/mol. The third-order valence-electron chi connectivity index (χ3n) is 4.56. The summed E-state index contributed by atoms with van der Waals surface area (Å²) in [4.78, 5) is 0. The molecule has 0 radical (unpaired) electrons. The first kappa shape index (κ1) is 26.9. The Kier molecular flexibility index (Phi) is 21.4. The molecule has 0 rings (SSSR count). The molecular formula is C18H37Cl3O4Si. The van der Waals surface area contributed by atoms with Gasteiger partial charge >= 0.3 is 9.05 Å². The van der Waals surface area contributed by atoms with Crippen LogP contribution < -0.4 is 0 Å². The summed E-state index contributed by atoms with van der Waals surface area (Å²) < 4.78 is 18.6. The van der Waals surface area contributed by atoms with Crippen molar-refractivity contribution >= 4 is 44.6 Å². The van der Waals surface area contributed by atoms with Crippen LogP contribution in [-0.4, -0.2) is 15.7 Å². The van der Waals surface area contributed by atoms with Gasteiger partial charge in [0, 0.05) is 6.61 Å². The Hall–Kier alpha value is 0.927. The van der Waals surface area contributed by atoms with Gasteiger partial charge in [-0.1, -0.05) is 103 Å². The van der Waals surface area contributed by atoms with Crippen molar-refractivity contribution in [2.45, 2.75) is 110 Å². The minimum absolute atomic E-state index is 0.400. The summed E-state index contributed by atoms with van der Waals surface area (Å²) in [5.74, 6) is 0. The molecule has 0 aromatic rings. The predicted octanol–water partition coefficient (Wildman–Crippen LogP) is 8.21. The third-order valence-corrected chi connectivity index (χ3v) is 7.39. The summed E-state index contributed by atoms with van der Waals surface area (Å²) in [6, 6.07) is 0. The first-order chi connectivity index (χ1) is 12.7. The molecule has 158 valence electrons. The van der Waals surface area contributed by atoms with Crippen LogP contribution in [0.3, 0.4) is 0 Å². The van der Waals surface area contributed by atoms with Crippen LogP contribution in [0.5, 0.6) is 0 Å². The van der Waals surface area contributed by atoms with Crippen LogP contribution in [0.15, 0.2) is 0 Å². The zero-order valence-corrected chi connectivity index (χ0v) is 19.6. The lowest BCUT2D eigenvalue weighted by Crippen LogP contribution is -2.42. The molecule has 8 heteroatoms. The summed E-state index contributed by atoms with van der Waals surface area (Å²) in [5, 5.41) is 0. The van der Waals surface area contributed by atoms with E-state index in [1.54, 1.807) is 0 Å². The van der Waals surface area contributed by atoms with Gasteiger partial charge in [-0.05, 0) is 6.42 Å². The quantitative estimate of drug-likeness (QED) is 0.130. The average molecular weight is 452 g/mol. The van der Waals surface area contributed by atoms with Crippen LogP contribution in [0.25, 0.3) is 0 Å². The summed E-state index contributed by atoms with van der Waals surface area (Å²) in [6.07, 6.45) is 21.1. The highest BCUT2D eigenvalue weighted by Crippen LogP contribution is 2.18. The largest absolute Gasteiger partial charge is 0.730 e. The van der Waals surface area contributed by atoms with Gasteiger partial charge in [-0.25, -0.2) is 11.9 Å². The second-order valence-corrected chi connectivity index (χ2v) is 10.0. The Morgan fingerprint density at radius 3 is 1.12 bits per heavy atom. The van der Waals surface area contributed by atoms with E-state index in [-0.39, 0.29) is 0 Å². The third kappa shape index (κ3) is 15.9. The van der Waals surface area contributed by atoms with E-state index in [1.165, 1.54) is 89.9 Å². The van der Waals surface area contributed by atoms with Gasteiger partial charge in [-0.2, -0.15) is 0 Å². The van der Waals surface area contributed by atoms with Crippen molar-refractivity contribution in [3.8, 4) is 0 Å². The van der Waals surface area contributed by atoms with Crippen molar-refractivity contribution in [3.63, 3.8) is 0 Å². The molecule has 0 aliphatic heterocycles. The zero-order valence-electron chi connectivity index (χ0n) is 16.3. The Bertz CT molecular complexity index is 277. The molecule has 0 aliphatic carbocycles. The highest BCUT2D eigenvalue weighted by Gasteiger charge is 2.47. The fraction of sp³-hybridized carbons (Fsp3) is 1.00. The molecule has 0 N–H and O–H groups in total. The molecule has 0 spiro atoms. The van der Waals surface area contributed by atoms with E-state index in [9.17, 15) is 0 Å². The normalized spacial score (nSPS) is 12.0. The summed E-state index contributed by atoms with van der Waals surface area (Å²) in [6.45, 7) is 2.67. The summed E-state index contributed by atoms with van der Waals surface area (Å²) in [5.41, 5.74) is 0. The second kappa shape index (κ2) is 20.7. The maximum absolute atomic E-state index is 5.27. The minimum Gasteiger partial charge on any atom is -0.349 e. The van der Waals surface area contributed by atoms with Gasteiger partial charge in [0.25, 0.3) is 0 Å². The van der Waals surface area contributed by atoms with Gasteiger partial charge in [0.2, 0.25) is 0 Å². The Balaban J connectivity index is 3.20. The first-order valence-corrected chi connectivity index (χ1v) is 12.8. The monoisotopic (exact) mass is 450 g/mol. The number of hydrogen-bond acceptors (Lipinski definition) is 4. The van der Waals surface area contributed by atoms with Crippen molar-refractivity contribution in [2.75, 3.05) is 6.61 Å². The van der Waals surface area contributed by atoms with E-state index in [1.807, 2.05) is 0 Å². The van der Waals surface area contributed by atoms with Gasteiger partial charge in [0.1, 0.15) is 0 Å². The lowest BCUT2D eigenvalue weighted by atomic mass is 10.0. The average Bonchev–Trinajstić information content (AvgIpc) is 2.68. The van der Waals surface area contributed by atoms with Crippen molar-refractivity contribution < 1.29 is 16.4 Å². The highest BCUT2D eigenvalue weighted by molar-refractivity contribution is 6.65. The molecule has 26 heavy (non-hydrogen) atoms. The maximum Gasteiger partial charge on any atom is 0.730 e. The number of unbranched alkanes of at least 4 members (excludes halogenated alkanes) is 15. The van der Waals surface area contributed by atoms with E-state index in [0.717, 1.165) is 12.8 Å². The fourth-order valence-corrected chi connectivity index (χ4v) is 4.81. The Morgan fingerprint density at radius 2 is 0.808 bits per heavy atom. The fourth-order valence-electron chi connectivity index (χ4n) is 2.95. The van der Waals surface area contributed by atoms with E-state index in [0.29, 0.717) is 6.61 Å². The molecule has 0 aliphatic rings. The smallest absolute Gasteiger partial charge is 0.349 e. The number of hydrogen-bond donors (Lipinski definition) is 0. The van der Waals surface area contributed by atoms with Crippen molar-refractivity contribution in [1.82, 2.24) is 0 Å². The van der Waals surface area contributed by atoms with E-state index in [2.05, 4.69) is 18.9 Å². The van der Waals surface area contributed by atoms with E-state index >= 15 is 0 Å². The molecule has 0 atom stereocenters.